The molecule has 0 atom stereocenters. The van der Waals surface area contributed by atoms with Crippen LogP contribution in [0.2, 0.25) is 0 Å². The molecule has 0 unspecified atom stereocenters. The van der Waals surface area contributed by atoms with E-state index in [0.717, 1.165) is 71.8 Å². The number of carbonyl (C=O) groups is 1. The van der Waals surface area contributed by atoms with Gasteiger partial charge in [0.25, 0.3) is 0 Å². The van der Waals surface area contributed by atoms with Gasteiger partial charge in [-0.3, -0.25) is 9.48 Å². The number of nitrogens with one attached hydrogen (secondary N) is 2. The van der Waals surface area contributed by atoms with Gasteiger partial charge in [0.15, 0.2) is 5.76 Å². The second-order valence-electron chi connectivity index (χ2n) is 9.16. The van der Waals surface area contributed by atoms with E-state index in [9.17, 15) is 4.79 Å². The van der Waals surface area contributed by atoms with Crippen LogP contribution in [0, 0.1) is 12.8 Å². The molecule has 0 bridgehead atoms. The SMILES string of the molecule is Cc1cc(-c2cn(C)nc2C2CCC(CNC(=O)CCc3nc4ccccc4[nH]3)CC2)on1. The molecule has 1 amide bonds. The van der Waals surface area contributed by atoms with Crippen molar-refractivity contribution in [3.8, 4) is 11.3 Å². The van der Waals surface area contributed by atoms with Crippen LogP contribution in [0.3, 0.4) is 0 Å². The van der Waals surface area contributed by atoms with Gasteiger partial charge in [-0.25, -0.2) is 4.98 Å². The van der Waals surface area contributed by atoms with E-state index in [-0.39, 0.29) is 5.91 Å². The maximum Gasteiger partial charge on any atom is 0.220 e. The smallest absolute Gasteiger partial charge is 0.220 e. The van der Waals surface area contributed by atoms with Crippen molar-refractivity contribution in [1.82, 2.24) is 30.2 Å². The monoisotopic (exact) mass is 446 g/mol. The van der Waals surface area contributed by atoms with Gasteiger partial charge >= 0.3 is 0 Å². The van der Waals surface area contributed by atoms with Crippen LogP contribution in [0.25, 0.3) is 22.4 Å². The fourth-order valence-electron chi connectivity index (χ4n) is 4.83. The zero-order valence-electron chi connectivity index (χ0n) is 19.2. The Kier molecular flexibility index (Phi) is 5.98. The molecule has 2 N–H and O–H groups in total. The molecule has 1 aliphatic rings. The molecule has 0 radical (unpaired) electrons. The van der Waals surface area contributed by atoms with Crippen LogP contribution in [-0.2, 0) is 18.3 Å². The predicted octanol–water partition coefficient (Wildman–Crippen LogP) is 4.28. The van der Waals surface area contributed by atoms with Crippen LogP contribution >= 0.6 is 0 Å². The second kappa shape index (κ2) is 9.21. The van der Waals surface area contributed by atoms with Gasteiger partial charge < -0.3 is 14.8 Å². The molecule has 1 aliphatic carbocycles. The summed E-state index contributed by atoms with van der Waals surface area (Å²) in [6, 6.07) is 9.90. The summed E-state index contributed by atoms with van der Waals surface area (Å²) in [7, 11) is 1.95. The van der Waals surface area contributed by atoms with Crippen LogP contribution in [0.4, 0.5) is 0 Å². The Bertz CT molecular complexity index is 1210. The number of aromatic amines is 1. The average molecular weight is 447 g/mol. The largest absolute Gasteiger partial charge is 0.356 e. The molecule has 33 heavy (non-hydrogen) atoms. The summed E-state index contributed by atoms with van der Waals surface area (Å²) in [5, 5.41) is 11.9. The number of para-hydroxylation sites is 2. The molecule has 4 aromatic rings. The molecule has 0 saturated heterocycles. The number of aromatic nitrogens is 5. The molecule has 172 valence electrons. The Hall–Kier alpha value is -3.42. The second-order valence-corrected chi connectivity index (χ2v) is 9.16. The third-order valence-electron chi connectivity index (χ3n) is 6.60. The van der Waals surface area contributed by atoms with E-state index in [4.69, 9.17) is 9.62 Å². The Morgan fingerprint density at radius 3 is 2.82 bits per heavy atom. The number of imidazole rings is 1. The highest BCUT2D eigenvalue weighted by Gasteiger charge is 2.28. The molecule has 3 aromatic heterocycles. The van der Waals surface area contributed by atoms with Crippen molar-refractivity contribution in [2.75, 3.05) is 6.54 Å². The van der Waals surface area contributed by atoms with Crippen LogP contribution in [0.5, 0.6) is 0 Å². The third kappa shape index (κ3) is 4.84. The number of hydrogen-bond acceptors (Lipinski definition) is 5. The minimum atomic E-state index is 0.0882. The maximum absolute atomic E-state index is 12.4. The van der Waals surface area contributed by atoms with Crippen LogP contribution in [-0.4, -0.2) is 37.4 Å². The van der Waals surface area contributed by atoms with E-state index in [1.807, 2.05) is 55.2 Å². The number of rotatable bonds is 7. The van der Waals surface area contributed by atoms with Gasteiger partial charge in [-0.1, -0.05) is 17.3 Å². The Morgan fingerprint density at radius 1 is 1.24 bits per heavy atom. The van der Waals surface area contributed by atoms with Crippen molar-refractivity contribution in [3.63, 3.8) is 0 Å². The highest BCUT2D eigenvalue weighted by atomic mass is 16.5. The first kappa shape index (κ1) is 21.4. The van der Waals surface area contributed by atoms with Crippen LogP contribution < -0.4 is 5.32 Å². The van der Waals surface area contributed by atoms with Gasteiger partial charge in [0.05, 0.1) is 28.0 Å². The zero-order valence-corrected chi connectivity index (χ0v) is 19.2. The Balaban J connectivity index is 1.10. The molecule has 1 aromatic carbocycles. The lowest BCUT2D eigenvalue weighted by atomic mass is 9.79. The molecule has 3 heterocycles. The maximum atomic E-state index is 12.4. The number of nitrogens with zero attached hydrogens (tertiary/aromatic N) is 4. The molecular weight excluding hydrogens is 416 g/mol. The molecular formula is C25H30N6O2. The Labute approximate surface area is 192 Å². The van der Waals surface area contributed by atoms with Crippen molar-refractivity contribution in [2.24, 2.45) is 13.0 Å². The van der Waals surface area contributed by atoms with E-state index < -0.39 is 0 Å². The normalized spacial score (nSPS) is 18.6. The highest BCUT2D eigenvalue weighted by molar-refractivity contribution is 5.77. The minimum absolute atomic E-state index is 0.0882. The summed E-state index contributed by atoms with van der Waals surface area (Å²) < 4.78 is 7.35. The molecule has 0 aliphatic heterocycles. The lowest BCUT2D eigenvalue weighted by molar-refractivity contribution is -0.121. The topological polar surface area (TPSA) is 102 Å². The molecule has 5 rings (SSSR count). The van der Waals surface area contributed by atoms with Crippen molar-refractivity contribution in [1.29, 1.82) is 0 Å². The van der Waals surface area contributed by atoms with E-state index in [1.54, 1.807) is 0 Å². The zero-order chi connectivity index (χ0) is 22.8. The molecule has 1 fully saturated rings. The average Bonchev–Trinajstić information content (AvgIpc) is 3.54. The van der Waals surface area contributed by atoms with Crippen LogP contribution in [0.15, 0.2) is 41.1 Å². The van der Waals surface area contributed by atoms with Gasteiger partial charge in [0, 0.05) is 44.6 Å². The van der Waals surface area contributed by atoms with Gasteiger partial charge in [-0.05, 0) is 50.7 Å². The van der Waals surface area contributed by atoms with Crippen molar-refractivity contribution < 1.29 is 9.32 Å². The van der Waals surface area contributed by atoms with Crippen molar-refractivity contribution in [2.45, 2.75) is 51.4 Å². The molecule has 8 heteroatoms. The van der Waals surface area contributed by atoms with E-state index in [1.165, 1.54) is 0 Å². The number of carbonyl (C=O) groups excluding carboxylic acids is 1. The standard InChI is InChI=1S/C25H30N6O2/c1-16-13-22(33-30-16)19-15-31(2)29-25(19)18-9-7-17(8-10-18)14-26-24(32)12-11-23-27-20-5-3-4-6-21(20)28-23/h3-6,13,15,17-18H,7-12,14H2,1-2H3,(H,26,32)(H,27,28). The molecule has 8 nitrogen and oxygen atoms in total. The third-order valence-corrected chi connectivity index (χ3v) is 6.60. The molecule has 0 spiro atoms. The van der Waals surface area contributed by atoms with Gasteiger partial charge in [-0.2, -0.15) is 5.10 Å². The van der Waals surface area contributed by atoms with Gasteiger partial charge in [0.1, 0.15) is 5.82 Å². The number of H-pyrrole nitrogens is 1. The number of benzene rings is 1. The minimum Gasteiger partial charge on any atom is -0.356 e. The highest BCUT2D eigenvalue weighted by Crippen LogP contribution is 2.39. The fourth-order valence-corrected chi connectivity index (χ4v) is 4.83. The number of fused-ring (bicyclic) bond motifs is 1. The predicted molar refractivity (Wildman–Crippen MR) is 126 cm³/mol. The van der Waals surface area contributed by atoms with Crippen LogP contribution in [0.1, 0.15) is 55.2 Å². The van der Waals surface area contributed by atoms with E-state index >= 15 is 0 Å². The lowest BCUT2D eigenvalue weighted by Crippen LogP contribution is -2.31. The number of aryl methyl sites for hydroxylation is 3. The van der Waals surface area contributed by atoms with E-state index in [0.29, 0.717) is 24.7 Å². The number of hydrogen-bond donors (Lipinski definition) is 2. The van der Waals surface area contributed by atoms with Crippen molar-refractivity contribution >= 4 is 16.9 Å². The fraction of sp³-hybridized carbons (Fsp3) is 0.440. The molecule has 1 saturated carbocycles. The van der Waals surface area contributed by atoms with Crippen molar-refractivity contribution in [3.05, 3.63) is 53.7 Å². The quantitative estimate of drug-likeness (QED) is 0.441. The van der Waals surface area contributed by atoms with Gasteiger partial charge in [-0.15, -0.1) is 0 Å². The Morgan fingerprint density at radius 2 is 2.06 bits per heavy atom. The van der Waals surface area contributed by atoms with E-state index in [2.05, 4.69) is 20.4 Å². The summed E-state index contributed by atoms with van der Waals surface area (Å²) in [5.41, 5.74) is 4.97. The first-order chi connectivity index (χ1) is 16.0. The number of amides is 1. The summed E-state index contributed by atoms with van der Waals surface area (Å²) >= 11 is 0. The first-order valence-corrected chi connectivity index (χ1v) is 11.7. The van der Waals surface area contributed by atoms with Gasteiger partial charge in [0.2, 0.25) is 5.91 Å². The summed E-state index contributed by atoms with van der Waals surface area (Å²) in [5.74, 6) is 2.66. The summed E-state index contributed by atoms with van der Waals surface area (Å²) in [6.45, 7) is 2.67. The summed E-state index contributed by atoms with van der Waals surface area (Å²) in [6.07, 6.45) is 7.39. The first-order valence-electron chi connectivity index (χ1n) is 11.7. The summed E-state index contributed by atoms with van der Waals surface area (Å²) in [4.78, 5) is 20.2. The lowest BCUT2D eigenvalue weighted by Gasteiger charge is -2.28.